The van der Waals surface area contributed by atoms with Gasteiger partial charge in [0.05, 0.1) is 4.92 Å². The maximum Gasteiger partial charge on any atom is 0.292 e. The lowest BCUT2D eigenvalue weighted by molar-refractivity contribution is -0.383. The zero-order valence-corrected chi connectivity index (χ0v) is 20.6. The van der Waals surface area contributed by atoms with E-state index in [9.17, 15) is 19.7 Å². The van der Waals surface area contributed by atoms with E-state index in [0.29, 0.717) is 31.2 Å². The van der Waals surface area contributed by atoms with E-state index in [1.54, 1.807) is 36.4 Å². The lowest BCUT2D eigenvalue weighted by Gasteiger charge is -2.08. The molecule has 0 aromatic heterocycles. The summed E-state index contributed by atoms with van der Waals surface area (Å²) in [4.78, 5) is 35.5. The standard InChI is InChI=1S/C24H15Cl4N3O4/c25-17-3-1-4-18(26)15(17)8-11-23(32)29-14-7-10-22(31(34)35)21(13-14)30-24(33)12-9-16-19(27)5-2-6-20(16)28/h1-13H,(H,29,32)(H,30,33). The number of halogens is 4. The third-order valence-electron chi connectivity index (χ3n) is 4.52. The highest BCUT2D eigenvalue weighted by molar-refractivity contribution is 6.37. The summed E-state index contributed by atoms with van der Waals surface area (Å²) in [5, 5.41) is 17.8. The number of nitrogens with zero attached hydrogens (tertiary/aromatic N) is 1. The van der Waals surface area contributed by atoms with E-state index in [2.05, 4.69) is 10.6 Å². The van der Waals surface area contributed by atoms with E-state index in [-0.39, 0.29) is 17.1 Å². The topological polar surface area (TPSA) is 101 Å². The SMILES string of the molecule is O=C(C=Cc1c(Cl)cccc1Cl)Nc1ccc([N+](=O)[O-])c(NC(=O)C=Cc2c(Cl)cccc2Cl)c1. The second-order valence-electron chi connectivity index (χ2n) is 6.90. The third-order valence-corrected chi connectivity index (χ3v) is 5.84. The summed E-state index contributed by atoms with van der Waals surface area (Å²) in [6.45, 7) is 0. The molecule has 3 aromatic rings. The Morgan fingerprint density at radius 1 is 0.743 bits per heavy atom. The number of nitro benzene ring substituents is 1. The Kier molecular flexibility index (Phi) is 8.89. The van der Waals surface area contributed by atoms with E-state index in [1.165, 1.54) is 30.4 Å². The Labute approximate surface area is 220 Å². The molecule has 35 heavy (non-hydrogen) atoms. The number of carbonyl (C=O) groups is 2. The fraction of sp³-hybridized carbons (Fsp3) is 0. The van der Waals surface area contributed by atoms with Crippen molar-refractivity contribution in [1.82, 2.24) is 0 Å². The van der Waals surface area contributed by atoms with Crippen molar-refractivity contribution in [3.05, 3.63) is 108 Å². The molecule has 0 unspecified atom stereocenters. The van der Waals surface area contributed by atoms with Gasteiger partial charge in [0.2, 0.25) is 11.8 Å². The van der Waals surface area contributed by atoms with Gasteiger partial charge < -0.3 is 10.6 Å². The molecule has 0 heterocycles. The predicted octanol–water partition coefficient (Wildman–Crippen LogP) is 7.51. The first-order valence-corrected chi connectivity index (χ1v) is 11.3. The fourth-order valence-electron chi connectivity index (χ4n) is 2.89. The van der Waals surface area contributed by atoms with Gasteiger partial charge in [-0.05, 0) is 48.6 Å². The molecule has 0 radical (unpaired) electrons. The monoisotopic (exact) mass is 549 g/mol. The molecule has 0 saturated heterocycles. The largest absolute Gasteiger partial charge is 0.322 e. The van der Waals surface area contributed by atoms with Crippen LogP contribution in [-0.2, 0) is 9.59 Å². The summed E-state index contributed by atoms with van der Waals surface area (Å²) in [7, 11) is 0. The first kappa shape index (κ1) is 26.2. The van der Waals surface area contributed by atoms with Crippen LogP contribution in [0.15, 0.2) is 66.7 Å². The van der Waals surface area contributed by atoms with Crippen LogP contribution in [0.2, 0.25) is 20.1 Å². The molecule has 2 N–H and O–H groups in total. The number of hydrogen-bond donors (Lipinski definition) is 2. The van der Waals surface area contributed by atoms with Crippen LogP contribution in [0.25, 0.3) is 12.2 Å². The number of rotatable bonds is 7. The first-order valence-electron chi connectivity index (χ1n) is 9.80. The first-order chi connectivity index (χ1) is 16.7. The highest BCUT2D eigenvalue weighted by Gasteiger charge is 2.16. The molecule has 7 nitrogen and oxygen atoms in total. The van der Waals surface area contributed by atoms with Crippen LogP contribution in [0.3, 0.4) is 0 Å². The lowest BCUT2D eigenvalue weighted by Crippen LogP contribution is -2.12. The van der Waals surface area contributed by atoms with Crippen molar-refractivity contribution in [2.75, 3.05) is 10.6 Å². The second kappa shape index (κ2) is 11.9. The number of benzene rings is 3. The molecule has 3 rings (SSSR count). The van der Waals surface area contributed by atoms with Crippen LogP contribution >= 0.6 is 46.4 Å². The van der Waals surface area contributed by atoms with Crippen molar-refractivity contribution >= 4 is 87.4 Å². The van der Waals surface area contributed by atoms with Crippen molar-refractivity contribution in [2.45, 2.75) is 0 Å². The molecular formula is C24H15Cl4N3O4. The van der Waals surface area contributed by atoms with Gasteiger partial charge >= 0.3 is 0 Å². The van der Waals surface area contributed by atoms with E-state index in [1.807, 2.05) is 0 Å². The molecule has 0 atom stereocenters. The molecule has 0 spiro atoms. The quantitative estimate of drug-likeness (QED) is 0.180. The molecule has 0 aliphatic carbocycles. The van der Waals surface area contributed by atoms with Gasteiger partial charge in [0.1, 0.15) is 5.69 Å². The Morgan fingerprint density at radius 2 is 1.20 bits per heavy atom. The highest BCUT2D eigenvalue weighted by atomic mass is 35.5. The maximum atomic E-state index is 12.4. The smallest absolute Gasteiger partial charge is 0.292 e. The summed E-state index contributed by atoms with van der Waals surface area (Å²) < 4.78 is 0. The van der Waals surface area contributed by atoms with Crippen LogP contribution in [0.1, 0.15) is 11.1 Å². The molecule has 178 valence electrons. The number of nitrogens with one attached hydrogen (secondary N) is 2. The molecular weight excluding hydrogens is 536 g/mol. The van der Waals surface area contributed by atoms with E-state index >= 15 is 0 Å². The maximum absolute atomic E-state index is 12.4. The molecule has 2 amide bonds. The number of nitro groups is 1. The Bertz CT molecular complexity index is 1330. The summed E-state index contributed by atoms with van der Waals surface area (Å²) in [6, 6.07) is 13.6. The minimum absolute atomic E-state index is 0.120. The van der Waals surface area contributed by atoms with Crippen molar-refractivity contribution in [2.24, 2.45) is 0 Å². The Morgan fingerprint density at radius 3 is 1.66 bits per heavy atom. The summed E-state index contributed by atoms with van der Waals surface area (Å²) in [5.74, 6) is -1.21. The van der Waals surface area contributed by atoms with Gasteiger partial charge in [0.15, 0.2) is 0 Å². The molecule has 3 aromatic carbocycles. The predicted molar refractivity (Wildman–Crippen MR) is 141 cm³/mol. The Hall–Kier alpha value is -3.36. The third kappa shape index (κ3) is 7.07. The summed E-state index contributed by atoms with van der Waals surface area (Å²) >= 11 is 24.3. The second-order valence-corrected chi connectivity index (χ2v) is 8.53. The number of amides is 2. The normalized spacial score (nSPS) is 11.1. The van der Waals surface area contributed by atoms with Gasteiger partial charge in [-0.25, -0.2) is 0 Å². The van der Waals surface area contributed by atoms with E-state index < -0.39 is 16.7 Å². The number of anilines is 2. The van der Waals surface area contributed by atoms with Gasteiger partial charge in [0.25, 0.3) is 5.69 Å². The molecule has 0 bridgehead atoms. The molecule has 0 aliphatic rings. The molecule has 0 saturated carbocycles. The minimum Gasteiger partial charge on any atom is -0.322 e. The van der Waals surface area contributed by atoms with Crippen molar-refractivity contribution in [3.8, 4) is 0 Å². The molecule has 0 fully saturated rings. The average Bonchev–Trinajstić information content (AvgIpc) is 2.78. The lowest BCUT2D eigenvalue weighted by atomic mass is 10.2. The zero-order chi connectivity index (χ0) is 25.5. The van der Waals surface area contributed by atoms with Crippen molar-refractivity contribution in [1.29, 1.82) is 0 Å². The van der Waals surface area contributed by atoms with Crippen molar-refractivity contribution < 1.29 is 14.5 Å². The van der Waals surface area contributed by atoms with Crippen LogP contribution in [0.5, 0.6) is 0 Å². The van der Waals surface area contributed by atoms with Gasteiger partial charge in [-0.2, -0.15) is 0 Å². The van der Waals surface area contributed by atoms with Crippen LogP contribution in [0, 0.1) is 10.1 Å². The van der Waals surface area contributed by atoms with Gasteiger partial charge in [-0.1, -0.05) is 58.5 Å². The zero-order valence-electron chi connectivity index (χ0n) is 17.6. The van der Waals surface area contributed by atoms with E-state index in [4.69, 9.17) is 46.4 Å². The van der Waals surface area contributed by atoms with Gasteiger partial charge in [-0.15, -0.1) is 0 Å². The van der Waals surface area contributed by atoms with Crippen molar-refractivity contribution in [3.63, 3.8) is 0 Å². The fourth-order valence-corrected chi connectivity index (χ4v) is 3.94. The summed E-state index contributed by atoms with van der Waals surface area (Å²) in [6.07, 6.45) is 5.18. The highest BCUT2D eigenvalue weighted by Crippen LogP contribution is 2.29. The molecule has 0 aliphatic heterocycles. The number of carbonyl (C=O) groups excluding carboxylic acids is 2. The van der Waals surface area contributed by atoms with Gasteiger partial charge in [0, 0.05) is 55.1 Å². The Balaban J connectivity index is 1.77. The summed E-state index contributed by atoms with van der Waals surface area (Å²) in [5.41, 5.74) is 0.619. The van der Waals surface area contributed by atoms with Gasteiger partial charge in [-0.3, -0.25) is 19.7 Å². The van der Waals surface area contributed by atoms with Crippen LogP contribution in [-0.4, -0.2) is 16.7 Å². The minimum atomic E-state index is -0.666. The average molecular weight is 551 g/mol. The van der Waals surface area contributed by atoms with E-state index in [0.717, 1.165) is 12.1 Å². The van der Waals surface area contributed by atoms with Crippen LogP contribution in [0.4, 0.5) is 17.1 Å². The number of hydrogen-bond acceptors (Lipinski definition) is 4. The molecule has 11 heteroatoms. The van der Waals surface area contributed by atoms with Crippen LogP contribution < -0.4 is 10.6 Å².